The van der Waals surface area contributed by atoms with Gasteiger partial charge in [0.1, 0.15) is 5.82 Å². The first-order valence-electron chi connectivity index (χ1n) is 11.1. The molecule has 5 rings (SSSR count). The molecule has 1 atom stereocenters. The number of imidazole rings is 1. The Hall–Kier alpha value is -4.78. The van der Waals surface area contributed by atoms with Gasteiger partial charge < -0.3 is 15.4 Å². The van der Waals surface area contributed by atoms with E-state index in [4.69, 9.17) is 20.7 Å². The second kappa shape index (κ2) is 9.23. The monoisotopic (exact) mass is 466 g/mol. The van der Waals surface area contributed by atoms with E-state index in [2.05, 4.69) is 27.6 Å². The van der Waals surface area contributed by atoms with Crippen molar-refractivity contribution in [3.63, 3.8) is 0 Å². The second-order valence-corrected chi connectivity index (χ2v) is 8.15. The van der Waals surface area contributed by atoms with Crippen LogP contribution in [0.2, 0.25) is 0 Å². The van der Waals surface area contributed by atoms with Gasteiger partial charge in [0, 0.05) is 55.3 Å². The van der Waals surface area contributed by atoms with E-state index in [1.165, 1.54) is 12.3 Å². The summed E-state index contributed by atoms with van der Waals surface area (Å²) in [7, 11) is 0. The number of anilines is 1. The lowest BCUT2D eigenvalue weighted by molar-refractivity contribution is -0.127. The highest BCUT2D eigenvalue weighted by molar-refractivity contribution is 5.87. The molecule has 10 nitrogen and oxygen atoms in total. The number of nitrogens with two attached hydrogens (primary N) is 1. The number of piperidine rings is 1. The Morgan fingerprint density at radius 1 is 1.20 bits per heavy atom. The van der Waals surface area contributed by atoms with Gasteiger partial charge in [0.05, 0.1) is 22.8 Å². The number of nitrogen functional groups attached to an aromatic ring is 1. The Balaban J connectivity index is 1.48. The van der Waals surface area contributed by atoms with Gasteiger partial charge in [-0.3, -0.25) is 9.20 Å². The molecule has 0 saturated carbocycles. The van der Waals surface area contributed by atoms with Gasteiger partial charge in [0.25, 0.3) is 0 Å². The predicted octanol–water partition coefficient (Wildman–Crippen LogP) is 3.32. The summed E-state index contributed by atoms with van der Waals surface area (Å²) in [4.78, 5) is 31.7. The van der Waals surface area contributed by atoms with Crippen molar-refractivity contribution in [2.75, 3.05) is 18.8 Å². The molecule has 1 aliphatic rings. The van der Waals surface area contributed by atoms with Gasteiger partial charge in [-0.15, -0.1) is 0 Å². The number of carbonyl (C=O) groups is 1. The van der Waals surface area contributed by atoms with Crippen molar-refractivity contribution in [3.8, 4) is 29.2 Å². The molecule has 4 aromatic rings. The van der Waals surface area contributed by atoms with Crippen molar-refractivity contribution in [1.29, 1.82) is 5.26 Å². The van der Waals surface area contributed by atoms with Gasteiger partial charge in [-0.25, -0.2) is 19.9 Å². The number of likely N-dealkylation sites (tertiary alicyclic amines) is 1. The third kappa shape index (κ3) is 4.27. The summed E-state index contributed by atoms with van der Waals surface area (Å²) in [5, 5.41) is 9.05. The molecule has 0 bridgehead atoms. The first-order chi connectivity index (χ1) is 17.1. The lowest BCUT2D eigenvalue weighted by atomic mass is 9.94. The molecule has 1 fully saturated rings. The molecule has 1 amide bonds. The van der Waals surface area contributed by atoms with E-state index in [0.29, 0.717) is 36.3 Å². The maximum Gasteiger partial charge on any atom is 0.245 e. The first kappa shape index (κ1) is 22.0. The van der Waals surface area contributed by atoms with E-state index in [9.17, 15) is 4.79 Å². The number of hydrogen-bond donors (Lipinski definition) is 1. The first-order valence-corrected chi connectivity index (χ1v) is 11.1. The van der Waals surface area contributed by atoms with Crippen LogP contribution in [0.3, 0.4) is 0 Å². The van der Waals surface area contributed by atoms with Crippen molar-refractivity contribution in [2.45, 2.75) is 18.8 Å². The van der Waals surface area contributed by atoms with Crippen LogP contribution in [0.25, 0.3) is 16.9 Å². The number of carbonyl (C=O) groups excluding carboxylic acids is 1. The molecule has 10 heteroatoms. The summed E-state index contributed by atoms with van der Waals surface area (Å²) in [6, 6.07) is 10.6. The minimum Gasteiger partial charge on any atom is -0.421 e. The number of pyridine rings is 2. The van der Waals surface area contributed by atoms with Crippen LogP contribution in [0.5, 0.6) is 11.8 Å². The Morgan fingerprint density at radius 2 is 2.06 bits per heavy atom. The van der Waals surface area contributed by atoms with Crippen LogP contribution in [0.1, 0.15) is 30.0 Å². The number of aromatic nitrogens is 5. The molecule has 5 heterocycles. The summed E-state index contributed by atoms with van der Waals surface area (Å²) < 4.78 is 7.49. The Morgan fingerprint density at radius 3 is 2.83 bits per heavy atom. The van der Waals surface area contributed by atoms with Gasteiger partial charge in [0.15, 0.2) is 0 Å². The molecule has 4 aromatic heterocycles. The van der Waals surface area contributed by atoms with Gasteiger partial charge in [-0.05, 0) is 37.1 Å². The minimum atomic E-state index is -0.0748. The van der Waals surface area contributed by atoms with E-state index in [0.717, 1.165) is 29.6 Å². The molecule has 0 spiro atoms. The summed E-state index contributed by atoms with van der Waals surface area (Å²) in [6.45, 7) is 4.89. The molecule has 0 aliphatic carbocycles. The largest absolute Gasteiger partial charge is 0.421 e. The zero-order valence-electron chi connectivity index (χ0n) is 18.8. The van der Waals surface area contributed by atoms with Crippen LogP contribution in [0.4, 0.5) is 5.95 Å². The summed E-state index contributed by atoms with van der Waals surface area (Å²) >= 11 is 0. The van der Waals surface area contributed by atoms with Crippen LogP contribution < -0.4 is 10.5 Å². The van der Waals surface area contributed by atoms with E-state index in [1.807, 2.05) is 12.1 Å². The molecule has 1 unspecified atom stereocenters. The van der Waals surface area contributed by atoms with Gasteiger partial charge in [0.2, 0.25) is 23.6 Å². The van der Waals surface area contributed by atoms with E-state index >= 15 is 0 Å². The highest BCUT2D eigenvalue weighted by atomic mass is 16.5. The molecule has 2 N–H and O–H groups in total. The minimum absolute atomic E-state index is 0.0623. The van der Waals surface area contributed by atoms with Crippen LogP contribution >= 0.6 is 0 Å². The fraction of sp³-hybridized carbons (Fsp3) is 0.200. The maximum atomic E-state index is 12.2. The van der Waals surface area contributed by atoms with Crippen molar-refractivity contribution in [3.05, 3.63) is 72.8 Å². The van der Waals surface area contributed by atoms with Gasteiger partial charge in [-0.1, -0.05) is 6.58 Å². The van der Waals surface area contributed by atoms with E-state index in [1.54, 1.807) is 39.9 Å². The highest BCUT2D eigenvalue weighted by Crippen LogP contribution is 2.34. The standard InChI is InChI=1S/C25H22N8O2/c1-2-22(34)32-11-3-4-18(15-32)23-19-8-10-29-25(27)33(19)24(31-23)17-5-6-20(30-14-17)35-21-12-16(13-26)7-9-28-21/h2,5-10,12,14,18H,1,3-4,11,15H2,(H2,27,29). The van der Waals surface area contributed by atoms with Crippen LogP contribution in [-0.2, 0) is 4.79 Å². The SMILES string of the molecule is C=CC(=O)N1CCCC(c2nc(-c3ccc(Oc4cc(C#N)ccn4)nc3)n3c(N)nccc23)C1. The molecule has 1 saturated heterocycles. The molecule has 35 heavy (non-hydrogen) atoms. The highest BCUT2D eigenvalue weighted by Gasteiger charge is 2.28. The van der Waals surface area contributed by atoms with E-state index in [-0.39, 0.29) is 17.7 Å². The number of nitriles is 1. The van der Waals surface area contributed by atoms with Crippen molar-refractivity contribution in [1.82, 2.24) is 29.2 Å². The predicted molar refractivity (Wildman–Crippen MR) is 128 cm³/mol. The Labute approximate surface area is 201 Å². The topological polar surface area (TPSA) is 135 Å². The second-order valence-electron chi connectivity index (χ2n) is 8.15. The third-order valence-electron chi connectivity index (χ3n) is 5.97. The van der Waals surface area contributed by atoms with Gasteiger partial charge >= 0.3 is 0 Å². The molecule has 174 valence electrons. The number of rotatable bonds is 5. The molecular weight excluding hydrogens is 444 g/mol. The smallest absolute Gasteiger partial charge is 0.245 e. The average Bonchev–Trinajstić information content (AvgIpc) is 3.30. The number of nitrogens with zero attached hydrogens (tertiary/aromatic N) is 7. The lowest BCUT2D eigenvalue weighted by Crippen LogP contribution is -2.38. The van der Waals surface area contributed by atoms with Crippen molar-refractivity contribution >= 4 is 17.4 Å². The van der Waals surface area contributed by atoms with Crippen molar-refractivity contribution in [2.24, 2.45) is 0 Å². The Kier molecular flexibility index (Phi) is 5.81. The Bertz CT molecular complexity index is 1450. The maximum absolute atomic E-state index is 12.2. The zero-order valence-corrected chi connectivity index (χ0v) is 18.8. The molecule has 0 aromatic carbocycles. The van der Waals surface area contributed by atoms with Crippen LogP contribution in [0.15, 0.2) is 61.6 Å². The molecular formula is C25H22N8O2. The fourth-order valence-corrected chi connectivity index (χ4v) is 4.32. The van der Waals surface area contributed by atoms with Crippen LogP contribution in [-0.4, -0.2) is 48.2 Å². The average molecular weight is 467 g/mol. The summed E-state index contributed by atoms with van der Waals surface area (Å²) in [6.07, 6.45) is 7.95. The van der Waals surface area contributed by atoms with Gasteiger partial charge in [-0.2, -0.15) is 5.26 Å². The zero-order chi connectivity index (χ0) is 24.4. The molecule has 0 radical (unpaired) electrons. The summed E-state index contributed by atoms with van der Waals surface area (Å²) in [5.74, 6) is 1.51. The van der Waals surface area contributed by atoms with E-state index < -0.39 is 0 Å². The number of fused-ring (bicyclic) bond motifs is 1. The summed E-state index contributed by atoms with van der Waals surface area (Å²) in [5.41, 5.74) is 9.14. The lowest BCUT2D eigenvalue weighted by Gasteiger charge is -2.31. The quantitative estimate of drug-likeness (QED) is 0.443. The third-order valence-corrected chi connectivity index (χ3v) is 5.97. The van der Waals surface area contributed by atoms with Crippen molar-refractivity contribution < 1.29 is 9.53 Å². The number of amides is 1. The number of ether oxygens (including phenoxy) is 1. The van der Waals surface area contributed by atoms with Crippen LogP contribution in [0, 0.1) is 11.3 Å². The fourth-order valence-electron chi connectivity index (χ4n) is 4.32. The molecule has 1 aliphatic heterocycles. The normalized spacial score (nSPS) is 15.5. The number of hydrogen-bond acceptors (Lipinski definition) is 8.